The molecule has 0 saturated carbocycles. The fourth-order valence-corrected chi connectivity index (χ4v) is 2.98. The van der Waals surface area contributed by atoms with Crippen LogP contribution in [0.2, 0.25) is 0 Å². The largest absolute Gasteiger partial charge is 0.480 e. The summed E-state index contributed by atoms with van der Waals surface area (Å²) in [6.07, 6.45) is 4.82. The zero-order valence-electron chi connectivity index (χ0n) is 13.2. The van der Waals surface area contributed by atoms with Gasteiger partial charge in [0.25, 0.3) is 0 Å². The normalized spacial score (nSPS) is 20.8. The molecule has 1 heterocycles. The van der Waals surface area contributed by atoms with Crippen LogP contribution in [0.15, 0.2) is 0 Å². The molecule has 0 aromatic carbocycles. The van der Waals surface area contributed by atoms with Crippen molar-refractivity contribution in [2.45, 2.75) is 57.6 Å². The van der Waals surface area contributed by atoms with Gasteiger partial charge in [0.15, 0.2) is 0 Å². The van der Waals surface area contributed by atoms with E-state index in [1.54, 1.807) is 7.05 Å². The monoisotopic (exact) mass is 286 g/mol. The molecular formula is C15H30N2O3. The molecule has 5 nitrogen and oxygen atoms in total. The van der Waals surface area contributed by atoms with Gasteiger partial charge in [-0.25, -0.2) is 0 Å². The third kappa shape index (κ3) is 4.72. The van der Waals surface area contributed by atoms with Gasteiger partial charge in [0.2, 0.25) is 0 Å². The zero-order valence-corrected chi connectivity index (χ0v) is 13.2. The maximum Gasteiger partial charge on any atom is 0.323 e. The molecule has 2 N–H and O–H groups in total. The van der Waals surface area contributed by atoms with Crippen molar-refractivity contribution in [2.24, 2.45) is 0 Å². The number of carbonyl (C=O) groups is 1. The standard InChI is InChI=1S/C15H30N2O3/c1-4-15(16-3,14(18)19)9-6-10-17-11-7-13(8-12-17)20-5-2/h13,16H,4-12H2,1-3H3,(H,18,19). The summed E-state index contributed by atoms with van der Waals surface area (Å²) >= 11 is 0. The van der Waals surface area contributed by atoms with Gasteiger partial charge < -0.3 is 20.1 Å². The minimum absolute atomic E-state index is 0.419. The molecule has 0 aromatic rings. The quantitative estimate of drug-likeness (QED) is 0.676. The number of carboxylic acid groups (broad SMARTS) is 1. The predicted molar refractivity (Wildman–Crippen MR) is 80.0 cm³/mol. The van der Waals surface area contributed by atoms with Gasteiger partial charge in [-0.2, -0.15) is 0 Å². The lowest BCUT2D eigenvalue weighted by atomic mass is 9.90. The third-order valence-electron chi connectivity index (χ3n) is 4.51. The summed E-state index contributed by atoms with van der Waals surface area (Å²) in [5, 5.41) is 12.4. The molecule has 1 fully saturated rings. The van der Waals surface area contributed by atoms with Crippen LogP contribution in [0.1, 0.15) is 46.0 Å². The number of aliphatic carboxylic acids is 1. The Morgan fingerprint density at radius 1 is 1.40 bits per heavy atom. The Kier molecular flexibility index (Phi) is 7.48. The molecular weight excluding hydrogens is 256 g/mol. The van der Waals surface area contributed by atoms with Gasteiger partial charge in [0.1, 0.15) is 5.54 Å². The van der Waals surface area contributed by atoms with Crippen molar-refractivity contribution < 1.29 is 14.6 Å². The van der Waals surface area contributed by atoms with Crippen LogP contribution in [0.5, 0.6) is 0 Å². The number of carboxylic acids is 1. The Morgan fingerprint density at radius 2 is 2.05 bits per heavy atom. The van der Waals surface area contributed by atoms with E-state index in [1.165, 1.54) is 0 Å². The van der Waals surface area contributed by atoms with Gasteiger partial charge in [0, 0.05) is 19.7 Å². The average molecular weight is 286 g/mol. The fraction of sp³-hybridized carbons (Fsp3) is 0.933. The lowest BCUT2D eigenvalue weighted by Gasteiger charge is -2.33. The van der Waals surface area contributed by atoms with Crippen LogP contribution in [-0.2, 0) is 9.53 Å². The fourth-order valence-electron chi connectivity index (χ4n) is 2.98. The van der Waals surface area contributed by atoms with Gasteiger partial charge >= 0.3 is 5.97 Å². The van der Waals surface area contributed by atoms with E-state index >= 15 is 0 Å². The molecule has 1 aliphatic rings. The van der Waals surface area contributed by atoms with Crippen molar-refractivity contribution in [1.29, 1.82) is 0 Å². The number of likely N-dealkylation sites (tertiary alicyclic amines) is 1. The first-order chi connectivity index (χ1) is 9.57. The van der Waals surface area contributed by atoms with Crippen LogP contribution in [0.25, 0.3) is 0 Å². The minimum Gasteiger partial charge on any atom is -0.480 e. The van der Waals surface area contributed by atoms with Crippen molar-refractivity contribution in [2.75, 3.05) is 33.3 Å². The topological polar surface area (TPSA) is 61.8 Å². The predicted octanol–water partition coefficient (Wildman–Crippen LogP) is 1.72. The number of nitrogens with zero attached hydrogens (tertiary/aromatic N) is 1. The molecule has 0 bridgehead atoms. The third-order valence-corrected chi connectivity index (χ3v) is 4.51. The van der Waals surface area contributed by atoms with E-state index in [-0.39, 0.29) is 0 Å². The highest BCUT2D eigenvalue weighted by molar-refractivity contribution is 5.78. The van der Waals surface area contributed by atoms with Gasteiger partial charge in [0.05, 0.1) is 6.10 Å². The molecule has 0 radical (unpaired) electrons. The number of hydrogen-bond acceptors (Lipinski definition) is 4. The van der Waals surface area contributed by atoms with Crippen LogP contribution in [0.4, 0.5) is 0 Å². The van der Waals surface area contributed by atoms with Crippen molar-refractivity contribution in [1.82, 2.24) is 10.2 Å². The van der Waals surface area contributed by atoms with E-state index in [1.807, 2.05) is 13.8 Å². The lowest BCUT2D eigenvalue weighted by molar-refractivity contribution is -0.145. The number of likely N-dealkylation sites (N-methyl/N-ethyl adjacent to an activating group) is 1. The molecule has 118 valence electrons. The van der Waals surface area contributed by atoms with Crippen LogP contribution in [-0.4, -0.2) is 60.9 Å². The van der Waals surface area contributed by atoms with E-state index < -0.39 is 11.5 Å². The zero-order chi connectivity index (χ0) is 15.0. The second-order valence-corrected chi connectivity index (χ2v) is 5.59. The summed E-state index contributed by atoms with van der Waals surface area (Å²) < 4.78 is 5.64. The van der Waals surface area contributed by atoms with E-state index in [0.717, 1.165) is 45.5 Å². The average Bonchev–Trinajstić information content (AvgIpc) is 2.46. The SMILES string of the molecule is CCOC1CCN(CCCC(CC)(NC)C(=O)O)CC1. The summed E-state index contributed by atoms with van der Waals surface area (Å²) in [4.78, 5) is 13.8. The molecule has 0 aliphatic carbocycles. The van der Waals surface area contributed by atoms with Crippen molar-refractivity contribution in [3.63, 3.8) is 0 Å². The number of rotatable bonds is 9. The number of ether oxygens (including phenoxy) is 1. The first kappa shape index (κ1) is 17.4. The second kappa shape index (κ2) is 8.60. The molecule has 1 unspecified atom stereocenters. The Hall–Kier alpha value is -0.650. The van der Waals surface area contributed by atoms with Gasteiger partial charge in [-0.3, -0.25) is 4.79 Å². The maximum absolute atomic E-state index is 11.4. The summed E-state index contributed by atoms with van der Waals surface area (Å²) in [7, 11) is 1.74. The molecule has 5 heteroatoms. The number of hydrogen-bond donors (Lipinski definition) is 2. The van der Waals surface area contributed by atoms with Gasteiger partial charge in [-0.05, 0) is 52.6 Å². The summed E-state index contributed by atoms with van der Waals surface area (Å²) in [6, 6.07) is 0. The van der Waals surface area contributed by atoms with Crippen LogP contribution < -0.4 is 5.32 Å². The van der Waals surface area contributed by atoms with Gasteiger partial charge in [-0.15, -0.1) is 0 Å². The minimum atomic E-state index is -0.760. The van der Waals surface area contributed by atoms with E-state index in [4.69, 9.17) is 4.74 Å². The van der Waals surface area contributed by atoms with E-state index in [9.17, 15) is 9.90 Å². The Morgan fingerprint density at radius 3 is 2.50 bits per heavy atom. The summed E-state index contributed by atoms with van der Waals surface area (Å²) in [6.45, 7) is 7.88. The molecule has 1 rings (SSSR count). The number of piperidine rings is 1. The van der Waals surface area contributed by atoms with E-state index in [2.05, 4.69) is 10.2 Å². The van der Waals surface area contributed by atoms with Crippen LogP contribution in [0, 0.1) is 0 Å². The molecule has 0 amide bonds. The second-order valence-electron chi connectivity index (χ2n) is 5.59. The Labute approximate surface area is 122 Å². The van der Waals surface area contributed by atoms with E-state index in [0.29, 0.717) is 18.9 Å². The molecule has 1 aliphatic heterocycles. The molecule has 1 atom stereocenters. The Bertz CT molecular complexity index is 285. The highest BCUT2D eigenvalue weighted by Crippen LogP contribution is 2.19. The molecule has 1 saturated heterocycles. The lowest BCUT2D eigenvalue weighted by Crippen LogP contribution is -2.50. The van der Waals surface area contributed by atoms with Crippen molar-refractivity contribution in [3.8, 4) is 0 Å². The summed E-state index contributed by atoms with van der Waals surface area (Å²) in [5.41, 5.74) is -0.760. The highest BCUT2D eigenvalue weighted by atomic mass is 16.5. The first-order valence-electron chi connectivity index (χ1n) is 7.84. The summed E-state index contributed by atoms with van der Waals surface area (Å²) in [5.74, 6) is -0.738. The molecule has 20 heavy (non-hydrogen) atoms. The smallest absolute Gasteiger partial charge is 0.323 e. The van der Waals surface area contributed by atoms with Crippen molar-refractivity contribution in [3.05, 3.63) is 0 Å². The molecule has 0 spiro atoms. The maximum atomic E-state index is 11.4. The van der Waals surface area contributed by atoms with Crippen LogP contribution in [0.3, 0.4) is 0 Å². The van der Waals surface area contributed by atoms with Gasteiger partial charge in [-0.1, -0.05) is 6.92 Å². The highest BCUT2D eigenvalue weighted by Gasteiger charge is 2.34. The number of nitrogens with one attached hydrogen (secondary N) is 1. The van der Waals surface area contributed by atoms with Crippen LogP contribution >= 0.6 is 0 Å². The van der Waals surface area contributed by atoms with Crippen molar-refractivity contribution >= 4 is 5.97 Å². The Balaban J connectivity index is 2.29. The molecule has 0 aromatic heterocycles. The first-order valence-corrected chi connectivity index (χ1v) is 7.84.